The van der Waals surface area contributed by atoms with Gasteiger partial charge in [0.1, 0.15) is 0 Å². The molecule has 2 N–H and O–H groups in total. The van der Waals surface area contributed by atoms with Gasteiger partial charge >= 0.3 is 0 Å². The van der Waals surface area contributed by atoms with E-state index in [2.05, 4.69) is 48.6 Å². The second-order valence-electron chi connectivity index (χ2n) is 6.53. The van der Waals surface area contributed by atoms with Crippen molar-refractivity contribution in [1.82, 2.24) is 15.5 Å². The van der Waals surface area contributed by atoms with Crippen LogP contribution in [0.5, 0.6) is 0 Å². The summed E-state index contributed by atoms with van der Waals surface area (Å²) in [6, 6.07) is 8.67. The molecule has 5 heteroatoms. The Morgan fingerprint density at radius 2 is 2.17 bits per heavy atom. The maximum Gasteiger partial charge on any atom is 0.191 e. The molecule has 2 atom stereocenters. The van der Waals surface area contributed by atoms with E-state index >= 15 is 0 Å². The zero-order chi connectivity index (χ0) is 17.4. The number of halogens is 1. The minimum atomic E-state index is 0.384. The van der Waals surface area contributed by atoms with Crippen LogP contribution in [-0.2, 0) is 0 Å². The average molecular weight is 351 g/mol. The summed E-state index contributed by atoms with van der Waals surface area (Å²) in [5, 5.41) is 7.54. The van der Waals surface area contributed by atoms with Crippen LogP contribution >= 0.6 is 11.6 Å². The summed E-state index contributed by atoms with van der Waals surface area (Å²) in [6.45, 7) is 8.08. The lowest BCUT2D eigenvalue weighted by molar-refractivity contribution is 0.125. The molecule has 1 aliphatic heterocycles. The van der Waals surface area contributed by atoms with Gasteiger partial charge in [-0.25, -0.2) is 0 Å². The molecule has 0 aliphatic carbocycles. The van der Waals surface area contributed by atoms with Gasteiger partial charge in [-0.15, -0.1) is 0 Å². The van der Waals surface area contributed by atoms with Crippen molar-refractivity contribution in [2.24, 2.45) is 10.9 Å². The van der Waals surface area contributed by atoms with Gasteiger partial charge in [0.25, 0.3) is 0 Å². The van der Waals surface area contributed by atoms with Crippen molar-refractivity contribution in [2.45, 2.75) is 39.2 Å². The molecule has 0 amide bonds. The number of benzene rings is 1. The number of nitrogens with zero attached hydrogens (tertiary/aromatic N) is 2. The van der Waals surface area contributed by atoms with E-state index in [1.165, 1.54) is 18.4 Å². The molecule has 0 aromatic heterocycles. The number of hydrogen-bond donors (Lipinski definition) is 2. The quantitative estimate of drug-likeness (QED) is 0.607. The number of guanidine groups is 1. The summed E-state index contributed by atoms with van der Waals surface area (Å²) in [6.07, 6.45) is 3.53. The number of likely N-dealkylation sites (tertiary alicyclic amines) is 1. The summed E-state index contributed by atoms with van der Waals surface area (Å²) >= 11 is 6.22. The fraction of sp³-hybridized carbons (Fsp3) is 0.632. The first kappa shape index (κ1) is 19.1. The van der Waals surface area contributed by atoms with Crippen LogP contribution in [0.15, 0.2) is 29.3 Å². The lowest BCUT2D eigenvalue weighted by Crippen LogP contribution is -2.40. The number of nitrogens with one attached hydrogen (secondary N) is 2. The fourth-order valence-corrected chi connectivity index (χ4v) is 3.66. The van der Waals surface area contributed by atoms with Gasteiger partial charge in [0.2, 0.25) is 0 Å². The van der Waals surface area contributed by atoms with Crippen molar-refractivity contribution in [3.05, 3.63) is 34.9 Å². The van der Waals surface area contributed by atoms with Crippen LogP contribution in [0.4, 0.5) is 0 Å². The van der Waals surface area contributed by atoms with E-state index in [9.17, 15) is 0 Å². The van der Waals surface area contributed by atoms with Crippen LogP contribution in [-0.4, -0.2) is 44.1 Å². The third-order valence-corrected chi connectivity index (χ3v) is 4.80. The minimum absolute atomic E-state index is 0.384. The van der Waals surface area contributed by atoms with Gasteiger partial charge in [0.05, 0.1) is 0 Å². The topological polar surface area (TPSA) is 39.7 Å². The normalized spacial score (nSPS) is 22.4. The first-order valence-corrected chi connectivity index (χ1v) is 9.51. The molecular formula is C19H31ClN4. The third-order valence-electron chi connectivity index (χ3n) is 4.57. The molecule has 4 nitrogen and oxygen atoms in total. The Kier molecular flexibility index (Phi) is 7.86. The minimum Gasteiger partial charge on any atom is -0.357 e. The number of rotatable bonds is 6. The average Bonchev–Trinajstić information content (AvgIpc) is 2.57. The predicted octanol–water partition coefficient (Wildman–Crippen LogP) is 3.69. The number of piperidine rings is 1. The van der Waals surface area contributed by atoms with E-state index in [1.54, 1.807) is 0 Å². The summed E-state index contributed by atoms with van der Waals surface area (Å²) in [5.41, 5.74) is 1.30. The SMILES string of the molecule is CCCNC(=NCC1CCCN(C)C1c1cccc(Cl)c1)NCC. The molecule has 1 heterocycles. The van der Waals surface area contributed by atoms with Crippen molar-refractivity contribution in [3.63, 3.8) is 0 Å². The zero-order valence-electron chi connectivity index (χ0n) is 15.2. The smallest absolute Gasteiger partial charge is 0.191 e. The van der Waals surface area contributed by atoms with Crippen LogP contribution in [0.1, 0.15) is 44.7 Å². The van der Waals surface area contributed by atoms with Crippen LogP contribution in [0.3, 0.4) is 0 Å². The maximum atomic E-state index is 6.22. The van der Waals surface area contributed by atoms with Gasteiger partial charge in [-0.05, 0) is 63.4 Å². The lowest BCUT2D eigenvalue weighted by Gasteiger charge is -2.39. The van der Waals surface area contributed by atoms with Crippen LogP contribution in [0.25, 0.3) is 0 Å². The molecule has 1 saturated heterocycles. The molecule has 0 saturated carbocycles. The summed E-state index contributed by atoms with van der Waals surface area (Å²) in [4.78, 5) is 7.29. The second kappa shape index (κ2) is 9.90. The monoisotopic (exact) mass is 350 g/mol. The van der Waals surface area contributed by atoms with Gasteiger partial charge < -0.3 is 10.6 Å². The van der Waals surface area contributed by atoms with Gasteiger partial charge in [-0.2, -0.15) is 0 Å². The molecule has 1 fully saturated rings. The number of hydrogen-bond acceptors (Lipinski definition) is 2. The Morgan fingerprint density at radius 1 is 1.33 bits per heavy atom. The number of aliphatic imine (C=N–C) groups is 1. The highest BCUT2D eigenvalue weighted by Crippen LogP contribution is 2.36. The Labute approximate surface area is 151 Å². The predicted molar refractivity (Wildman–Crippen MR) is 104 cm³/mol. The van der Waals surface area contributed by atoms with Crippen LogP contribution in [0, 0.1) is 5.92 Å². The Hall–Kier alpha value is -1.26. The molecule has 0 bridgehead atoms. The first-order chi connectivity index (χ1) is 11.7. The highest BCUT2D eigenvalue weighted by molar-refractivity contribution is 6.30. The molecule has 1 aromatic rings. The molecule has 0 radical (unpaired) electrons. The van der Waals surface area contributed by atoms with Crippen molar-refractivity contribution in [3.8, 4) is 0 Å². The molecule has 1 aromatic carbocycles. The van der Waals surface area contributed by atoms with Gasteiger partial charge in [0, 0.05) is 30.7 Å². The largest absolute Gasteiger partial charge is 0.357 e. The Bertz CT molecular complexity index is 532. The van der Waals surface area contributed by atoms with Crippen molar-refractivity contribution in [2.75, 3.05) is 33.2 Å². The van der Waals surface area contributed by atoms with Crippen LogP contribution in [0.2, 0.25) is 5.02 Å². The van der Waals surface area contributed by atoms with Crippen LogP contribution < -0.4 is 10.6 Å². The summed E-state index contributed by atoms with van der Waals surface area (Å²) in [7, 11) is 2.21. The van der Waals surface area contributed by atoms with Gasteiger partial charge in [-0.3, -0.25) is 9.89 Å². The van der Waals surface area contributed by atoms with Crippen molar-refractivity contribution < 1.29 is 0 Å². The first-order valence-electron chi connectivity index (χ1n) is 9.13. The molecule has 2 unspecified atom stereocenters. The van der Waals surface area contributed by atoms with Crippen molar-refractivity contribution >= 4 is 17.6 Å². The molecule has 0 spiro atoms. The summed E-state index contributed by atoms with van der Waals surface area (Å²) in [5.74, 6) is 1.44. The molecular weight excluding hydrogens is 320 g/mol. The molecule has 1 aliphatic rings. The maximum absolute atomic E-state index is 6.22. The fourth-order valence-electron chi connectivity index (χ4n) is 3.46. The van der Waals surface area contributed by atoms with E-state index < -0.39 is 0 Å². The lowest BCUT2D eigenvalue weighted by atomic mass is 9.85. The molecule has 2 rings (SSSR count). The third kappa shape index (κ3) is 5.38. The highest BCUT2D eigenvalue weighted by Gasteiger charge is 2.30. The van der Waals surface area contributed by atoms with E-state index in [1.807, 2.05) is 12.1 Å². The van der Waals surface area contributed by atoms with Crippen molar-refractivity contribution in [1.29, 1.82) is 0 Å². The Morgan fingerprint density at radius 3 is 2.88 bits per heavy atom. The van der Waals surface area contributed by atoms with Gasteiger partial charge in [-0.1, -0.05) is 30.7 Å². The zero-order valence-corrected chi connectivity index (χ0v) is 15.9. The standard InChI is InChI=1S/C19H31ClN4/c1-4-11-22-19(21-5-2)23-14-16-9-7-12-24(3)18(16)15-8-6-10-17(20)13-15/h6,8,10,13,16,18H,4-5,7,9,11-12,14H2,1-3H3,(H2,21,22,23). The van der Waals surface area contributed by atoms with E-state index in [-0.39, 0.29) is 0 Å². The molecule has 134 valence electrons. The van der Waals surface area contributed by atoms with E-state index in [4.69, 9.17) is 16.6 Å². The van der Waals surface area contributed by atoms with Gasteiger partial charge in [0.15, 0.2) is 5.96 Å². The van der Waals surface area contributed by atoms with E-state index in [0.29, 0.717) is 12.0 Å². The molecule has 24 heavy (non-hydrogen) atoms. The Balaban J connectivity index is 2.12. The highest BCUT2D eigenvalue weighted by atomic mass is 35.5. The van der Waals surface area contributed by atoms with E-state index in [0.717, 1.165) is 43.6 Å². The second-order valence-corrected chi connectivity index (χ2v) is 6.97. The summed E-state index contributed by atoms with van der Waals surface area (Å²) < 4.78 is 0.